The summed E-state index contributed by atoms with van der Waals surface area (Å²) >= 11 is 0. The number of nitrogens with zero attached hydrogens (tertiary/aromatic N) is 1. The molecule has 0 aliphatic carbocycles. The Morgan fingerprint density at radius 2 is 1.62 bits per heavy atom. The highest BCUT2D eigenvalue weighted by Gasteiger charge is 2.07. The standard InChI is InChI=1S/C10H15NO2.C2H6O/c1-3-11(4-2)9-7-8(12)5-6-10(9)13;1-3-2/h5-7,12-13H,3-4H2,1-2H3;1-2H3. The molecule has 0 bridgehead atoms. The normalized spacial score (nSPS) is 9.25. The van der Waals surface area contributed by atoms with Crippen molar-refractivity contribution < 1.29 is 14.9 Å². The maximum atomic E-state index is 9.51. The molecular weight excluding hydrogens is 206 g/mol. The van der Waals surface area contributed by atoms with Crippen molar-refractivity contribution in [3.8, 4) is 11.5 Å². The first-order chi connectivity index (χ1) is 7.60. The third-order valence-electron chi connectivity index (χ3n) is 2.06. The van der Waals surface area contributed by atoms with Crippen molar-refractivity contribution in [2.24, 2.45) is 0 Å². The molecule has 0 fully saturated rings. The average Bonchev–Trinajstić information content (AvgIpc) is 2.26. The van der Waals surface area contributed by atoms with Crippen molar-refractivity contribution in [1.29, 1.82) is 0 Å². The van der Waals surface area contributed by atoms with E-state index in [-0.39, 0.29) is 11.5 Å². The number of aromatic hydroxyl groups is 2. The topological polar surface area (TPSA) is 52.9 Å². The van der Waals surface area contributed by atoms with Crippen LogP contribution < -0.4 is 4.90 Å². The Balaban J connectivity index is 0.000000673. The minimum Gasteiger partial charge on any atom is -0.508 e. The molecule has 2 N–H and O–H groups in total. The number of phenols is 2. The van der Waals surface area contributed by atoms with Gasteiger partial charge in [0.05, 0.1) is 5.69 Å². The summed E-state index contributed by atoms with van der Waals surface area (Å²) in [4.78, 5) is 1.98. The number of benzene rings is 1. The van der Waals surface area contributed by atoms with Gasteiger partial charge in [-0.3, -0.25) is 0 Å². The predicted octanol–water partition coefficient (Wildman–Crippen LogP) is 2.21. The van der Waals surface area contributed by atoms with Crippen LogP contribution in [0.1, 0.15) is 13.8 Å². The van der Waals surface area contributed by atoms with Gasteiger partial charge in [-0.25, -0.2) is 0 Å². The van der Waals surface area contributed by atoms with Gasteiger partial charge >= 0.3 is 0 Å². The Morgan fingerprint density at radius 1 is 1.12 bits per heavy atom. The fourth-order valence-electron chi connectivity index (χ4n) is 1.33. The number of methoxy groups -OCH3 is 1. The van der Waals surface area contributed by atoms with Crippen LogP contribution in [0.5, 0.6) is 11.5 Å². The number of hydrogen-bond donors (Lipinski definition) is 2. The quantitative estimate of drug-likeness (QED) is 0.777. The number of ether oxygens (including phenoxy) is 1. The molecule has 0 unspecified atom stereocenters. The lowest BCUT2D eigenvalue weighted by Crippen LogP contribution is -2.21. The molecule has 0 radical (unpaired) electrons. The highest BCUT2D eigenvalue weighted by atomic mass is 16.4. The summed E-state index contributed by atoms with van der Waals surface area (Å²) in [6, 6.07) is 4.55. The zero-order chi connectivity index (χ0) is 12.6. The SMILES string of the molecule is CCN(CC)c1cc(O)ccc1O.COC. The number of phenolic OH excluding ortho intramolecular Hbond substituents is 2. The molecule has 0 saturated carbocycles. The summed E-state index contributed by atoms with van der Waals surface area (Å²) in [5, 5.41) is 18.8. The molecule has 0 spiro atoms. The van der Waals surface area contributed by atoms with Crippen LogP contribution in [0.2, 0.25) is 0 Å². The maximum Gasteiger partial charge on any atom is 0.139 e. The smallest absolute Gasteiger partial charge is 0.139 e. The second kappa shape index (κ2) is 7.82. The van der Waals surface area contributed by atoms with Crippen molar-refractivity contribution in [1.82, 2.24) is 0 Å². The fourth-order valence-corrected chi connectivity index (χ4v) is 1.33. The van der Waals surface area contributed by atoms with Crippen molar-refractivity contribution >= 4 is 5.69 Å². The Morgan fingerprint density at radius 3 is 2.06 bits per heavy atom. The summed E-state index contributed by atoms with van der Waals surface area (Å²) in [6.07, 6.45) is 0. The van der Waals surface area contributed by atoms with Gasteiger partial charge in [0.2, 0.25) is 0 Å². The van der Waals surface area contributed by atoms with Crippen molar-refractivity contribution in [3.05, 3.63) is 18.2 Å². The lowest BCUT2D eigenvalue weighted by atomic mass is 10.2. The van der Waals surface area contributed by atoms with E-state index in [9.17, 15) is 10.2 Å². The van der Waals surface area contributed by atoms with Crippen LogP contribution in [0.3, 0.4) is 0 Å². The van der Waals surface area contributed by atoms with Crippen molar-refractivity contribution in [2.45, 2.75) is 13.8 Å². The second-order valence-corrected chi connectivity index (χ2v) is 3.25. The molecule has 0 aliphatic heterocycles. The lowest BCUT2D eigenvalue weighted by molar-refractivity contribution is 0.277. The molecule has 4 heteroatoms. The first kappa shape index (κ1) is 14.6. The zero-order valence-electron chi connectivity index (χ0n) is 10.4. The van der Waals surface area contributed by atoms with E-state index in [2.05, 4.69) is 4.74 Å². The van der Waals surface area contributed by atoms with Crippen LogP contribution in [0.15, 0.2) is 18.2 Å². The molecule has 0 aromatic heterocycles. The van der Waals surface area contributed by atoms with Gasteiger partial charge in [-0.2, -0.15) is 0 Å². The number of anilines is 1. The minimum atomic E-state index is 0.180. The van der Waals surface area contributed by atoms with Crippen LogP contribution in [-0.4, -0.2) is 37.5 Å². The first-order valence-electron chi connectivity index (χ1n) is 5.27. The number of rotatable bonds is 3. The fraction of sp³-hybridized carbons (Fsp3) is 0.500. The van der Waals surface area contributed by atoms with Gasteiger partial charge in [0, 0.05) is 33.4 Å². The molecule has 1 aromatic carbocycles. The van der Waals surface area contributed by atoms with Gasteiger partial charge in [-0.15, -0.1) is 0 Å². The molecule has 0 atom stereocenters. The molecule has 1 aromatic rings. The third-order valence-corrected chi connectivity index (χ3v) is 2.06. The van der Waals surface area contributed by atoms with E-state index in [1.165, 1.54) is 12.1 Å². The minimum absolute atomic E-state index is 0.180. The summed E-state index contributed by atoms with van der Waals surface area (Å²) in [6.45, 7) is 5.64. The van der Waals surface area contributed by atoms with E-state index < -0.39 is 0 Å². The van der Waals surface area contributed by atoms with Crippen LogP contribution >= 0.6 is 0 Å². The summed E-state index contributed by atoms with van der Waals surface area (Å²) in [5.41, 5.74) is 0.685. The van der Waals surface area contributed by atoms with Crippen LogP contribution in [-0.2, 0) is 4.74 Å². The Hall–Kier alpha value is -1.42. The molecule has 1 rings (SSSR count). The summed E-state index contributed by atoms with van der Waals surface area (Å²) in [5.74, 6) is 0.390. The third kappa shape index (κ3) is 4.40. The lowest BCUT2D eigenvalue weighted by Gasteiger charge is -2.21. The molecule has 4 nitrogen and oxygen atoms in total. The van der Waals surface area contributed by atoms with Crippen LogP contribution in [0, 0.1) is 0 Å². The highest BCUT2D eigenvalue weighted by Crippen LogP contribution is 2.30. The predicted molar refractivity (Wildman–Crippen MR) is 66.3 cm³/mol. The molecule has 0 heterocycles. The first-order valence-corrected chi connectivity index (χ1v) is 5.27. The molecule has 0 aliphatic rings. The zero-order valence-corrected chi connectivity index (χ0v) is 10.4. The summed E-state index contributed by atoms with van der Waals surface area (Å²) < 4.78 is 4.25. The average molecular weight is 227 g/mol. The monoisotopic (exact) mass is 227 g/mol. The molecule has 16 heavy (non-hydrogen) atoms. The van der Waals surface area contributed by atoms with E-state index in [1.807, 2.05) is 18.7 Å². The summed E-state index contributed by atoms with van der Waals surface area (Å²) in [7, 11) is 3.25. The second-order valence-electron chi connectivity index (χ2n) is 3.25. The Labute approximate surface area is 97.1 Å². The van der Waals surface area contributed by atoms with Gasteiger partial charge in [0.1, 0.15) is 11.5 Å². The van der Waals surface area contributed by atoms with Gasteiger partial charge < -0.3 is 19.8 Å². The molecule has 92 valence electrons. The number of hydrogen-bond acceptors (Lipinski definition) is 4. The molecular formula is C12H21NO3. The van der Waals surface area contributed by atoms with Crippen molar-refractivity contribution in [2.75, 3.05) is 32.2 Å². The van der Waals surface area contributed by atoms with Gasteiger partial charge in [0.25, 0.3) is 0 Å². The van der Waals surface area contributed by atoms with E-state index in [1.54, 1.807) is 20.3 Å². The largest absolute Gasteiger partial charge is 0.508 e. The molecule has 0 saturated heterocycles. The van der Waals surface area contributed by atoms with E-state index in [0.29, 0.717) is 5.69 Å². The van der Waals surface area contributed by atoms with Gasteiger partial charge in [-0.05, 0) is 26.0 Å². The van der Waals surface area contributed by atoms with E-state index >= 15 is 0 Å². The van der Waals surface area contributed by atoms with E-state index in [4.69, 9.17) is 0 Å². The highest BCUT2D eigenvalue weighted by molar-refractivity contribution is 5.60. The van der Waals surface area contributed by atoms with Crippen molar-refractivity contribution in [3.63, 3.8) is 0 Å². The van der Waals surface area contributed by atoms with Gasteiger partial charge in [0.15, 0.2) is 0 Å². The van der Waals surface area contributed by atoms with E-state index in [0.717, 1.165) is 13.1 Å². The Bertz CT molecular complexity index is 298. The van der Waals surface area contributed by atoms with Crippen LogP contribution in [0.25, 0.3) is 0 Å². The Kier molecular flexibility index (Phi) is 7.12. The van der Waals surface area contributed by atoms with Gasteiger partial charge in [-0.1, -0.05) is 0 Å². The molecule has 0 amide bonds. The maximum absolute atomic E-state index is 9.51. The van der Waals surface area contributed by atoms with Crippen LogP contribution in [0.4, 0.5) is 5.69 Å².